The molecule has 0 aliphatic carbocycles. The van der Waals surface area contributed by atoms with E-state index in [9.17, 15) is 16.8 Å². The van der Waals surface area contributed by atoms with Crippen molar-refractivity contribution >= 4 is 45.1 Å². The maximum atomic E-state index is 9.19. The SMILES string of the molecule is CS(=O)(=O)O.CS(=O)(=O)O.Cl.Cl.c1c[nH]cn1.c1c[nH]cn1.c1c[nH]cn1. The van der Waals surface area contributed by atoms with Gasteiger partial charge in [-0.25, -0.2) is 15.0 Å². The summed E-state index contributed by atoms with van der Waals surface area (Å²) >= 11 is 0. The van der Waals surface area contributed by atoms with Gasteiger partial charge in [-0.15, -0.1) is 24.8 Å². The fourth-order valence-electron chi connectivity index (χ4n) is 0.645. The molecular weight excluding hydrogens is 447 g/mol. The van der Waals surface area contributed by atoms with Gasteiger partial charge in [0.15, 0.2) is 0 Å². The molecule has 5 N–H and O–H groups in total. The van der Waals surface area contributed by atoms with Gasteiger partial charge in [0.2, 0.25) is 0 Å². The molecule has 0 bridgehead atoms. The van der Waals surface area contributed by atoms with Crippen molar-refractivity contribution in [3.05, 3.63) is 56.2 Å². The van der Waals surface area contributed by atoms with Crippen molar-refractivity contribution in [3.8, 4) is 0 Å². The summed E-state index contributed by atoms with van der Waals surface area (Å²) in [5.41, 5.74) is 0. The van der Waals surface area contributed by atoms with Gasteiger partial charge in [0.1, 0.15) is 0 Å². The Kier molecular flexibility index (Phi) is 24.6. The number of rotatable bonds is 0. The Hall–Kier alpha value is -1.97. The normalized spacial score (nSPS) is 8.74. The van der Waals surface area contributed by atoms with Gasteiger partial charge in [-0.3, -0.25) is 9.11 Å². The second-order valence-electron chi connectivity index (χ2n) is 3.75. The summed E-state index contributed by atoms with van der Waals surface area (Å²) in [5.74, 6) is 0. The number of aromatic nitrogens is 6. The van der Waals surface area contributed by atoms with E-state index in [2.05, 4.69) is 29.9 Å². The molecule has 0 saturated carbocycles. The molecule has 0 atom stereocenters. The number of aromatic amines is 3. The van der Waals surface area contributed by atoms with E-state index in [1.165, 1.54) is 0 Å². The molecule has 0 saturated heterocycles. The zero-order valence-corrected chi connectivity index (χ0v) is 17.5. The fourth-order valence-corrected chi connectivity index (χ4v) is 0.645. The fraction of sp³-hybridized carbons (Fsp3) is 0.182. The molecule has 27 heavy (non-hydrogen) atoms. The molecule has 0 radical (unpaired) electrons. The van der Waals surface area contributed by atoms with Crippen molar-refractivity contribution < 1.29 is 25.9 Å². The first kappa shape index (κ1) is 32.7. The highest BCUT2D eigenvalue weighted by Gasteiger charge is 1.82. The number of nitrogens with zero attached hydrogens (tertiary/aromatic N) is 3. The minimum absolute atomic E-state index is 0. The number of H-pyrrole nitrogens is 3. The smallest absolute Gasteiger partial charge is 0.261 e. The van der Waals surface area contributed by atoms with Crippen LogP contribution in [0.2, 0.25) is 0 Å². The molecule has 16 heteroatoms. The van der Waals surface area contributed by atoms with Crippen molar-refractivity contribution in [2.75, 3.05) is 12.5 Å². The Balaban J connectivity index is -0.000000120. The van der Waals surface area contributed by atoms with Crippen molar-refractivity contribution in [1.29, 1.82) is 0 Å². The Morgan fingerprint density at radius 3 is 0.852 bits per heavy atom. The summed E-state index contributed by atoms with van der Waals surface area (Å²) in [7, 11) is -7.33. The lowest BCUT2D eigenvalue weighted by molar-refractivity contribution is 0.488. The highest BCUT2D eigenvalue weighted by molar-refractivity contribution is 7.85. The van der Waals surface area contributed by atoms with Gasteiger partial charge in [0.25, 0.3) is 20.2 Å². The number of hydrogen-bond acceptors (Lipinski definition) is 7. The molecule has 3 heterocycles. The molecule has 0 aromatic carbocycles. The van der Waals surface area contributed by atoms with E-state index in [-0.39, 0.29) is 24.8 Å². The zero-order chi connectivity index (χ0) is 19.6. The Bertz CT molecular complexity index is 621. The maximum Gasteiger partial charge on any atom is 0.261 e. The highest BCUT2D eigenvalue weighted by atomic mass is 35.5. The summed E-state index contributed by atoms with van der Waals surface area (Å²) in [6, 6.07) is 0. The second-order valence-corrected chi connectivity index (χ2v) is 6.68. The average molecular weight is 469 g/mol. The molecule has 3 aromatic rings. The van der Waals surface area contributed by atoms with Crippen molar-refractivity contribution in [3.63, 3.8) is 0 Å². The molecule has 0 unspecified atom stereocenters. The predicted molar refractivity (Wildman–Crippen MR) is 105 cm³/mol. The van der Waals surface area contributed by atoms with E-state index in [0.29, 0.717) is 12.5 Å². The summed E-state index contributed by atoms with van der Waals surface area (Å²) < 4.78 is 51.7. The number of hydrogen-bond donors (Lipinski definition) is 5. The third kappa shape index (κ3) is 68.7. The van der Waals surface area contributed by atoms with Crippen molar-refractivity contribution in [2.24, 2.45) is 0 Å². The van der Waals surface area contributed by atoms with Gasteiger partial charge in [-0.2, -0.15) is 16.8 Å². The standard InChI is InChI=1S/3C3H4N2.2CH4O3S.2ClH/c3*1-2-5-3-4-1;2*1-5(2,3)4;;/h3*1-3H,(H,4,5);2*1H3,(H,2,3,4);2*1H. The van der Waals surface area contributed by atoms with Crippen LogP contribution in [-0.4, -0.2) is 68.4 Å². The van der Waals surface area contributed by atoms with Crippen LogP contribution in [0.1, 0.15) is 0 Å². The minimum Gasteiger partial charge on any atom is -0.351 e. The zero-order valence-electron chi connectivity index (χ0n) is 14.2. The number of imidazole rings is 3. The molecule has 0 spiro atoms. The molecule has 0 aliphatic rings. The monoisotopic (exact) mass is 468 g/mol. The van der Waals surface area contributed by atoms with Crippen LogP contribution in [0.3, 0.4) is 0 Å². The van der Waals surface area contributed by atoms with E-state index in [4.69, 9.17) is 9.11 Å². The first-order valence-electron chi connectivity index (χ1n) is 6.13. The second kappa shape index (κ2) is 20.3. The van der Waals surface area contributed by atoms with Gasteiger partial charge in [-0.1, -0.05) is 0 Å². The molecule has 0 amide bonds. The summed E-state index contributed by atoms with van der Waals surface area (Å²) in [4.78, 5) is 19.2. The third-order valence-electron chi connectivity index (χ3n) is 1.22. The van der Waals surface area contributed by atoms with E-state index >= 15 is 0 Å². The largest absolute Gasteiger partial charge is 0.351 e. The molecule has 3 aromatic heterocycles. The number of halogens is 2. The molecule has 12 nitrogen and oxygen atoms in total. The topological polar surface area (TPSA) is 195 Å². The molecule has 158 valence electrons. The van der Waals surface area contributed by atoms with Crippen LogP contribution in [0, 0.1) is 0 Å². The number of nitrogens with one attached hydrogen (secondary N) is 3. The predicted octanol–water partition coefficient (Wildman–Crippen LogP) is 1.08. The van der Waals surface area contributed by atoms with E-state index < -0.39 is 20.2 Å². The van der Waals surface area contributed by atoms with Crippen LogP contribution in [0.25, 0.3) is 0 Å². The lowest BCUT2D eigenvalue weighted by Crippen LogP contribution is -1.88. The molecule has 0 fully saturated rings. The van der Waals surface area contributed by atoms with Gasteiger partial charge < -0.3 is 15.0 Å². The lowest BCUT2D eigenvalue weighted by Gasteiger charge is -1.69. The van der Waals surface area contributed by atoms with Crippen LogP contribution >= 0.6 is 24.8 Å². The van der Waals surface area contributed by atoms with Crippen LogP contribution in [0.5, 0.6) is 0 Å². The van der Waals surface area contributed by atoms with Crippen LogP contribution in [0.15, 0.2) is 56.2 Å². The van der Waals surface area contributed by atoms with Crippen LogP contribution in [0.4, 0.5) is 0 Å². The van der Waals surface area contributed by atoms with Gasteiger partial charge in [0.05, 0.1) is 31.5 Å². The van der Waals surface area contributed by atoms with Crippen molar-refractivity contribution in [2.45, 2.75) is 0 Å². The Morgan fingerprint density at radius 1 is 0.630 bits per heavy atom. The summed E-state index contributed by atoms with van der Waals surface area (Å²) in [5, 5.41) is 0. The lowest BCUT2D eigenvalue weighted by atomic mass is 11.0. The van der Waals surface area contributed by atoms with Crippen LogP contribution < -0.4 is 0 Å². The molecular formula is C11H22Cl2N6O6S2. The van der Waals surface area contributed by atoms with E-state index in [1.807, 2.05) is 0 Å². The Morgan fingerprint density at radius 2 is 0.815 bits per heavy atom. The average Bonchev–Trinajstić information content (AvgIpc) is 3.24. The van der Waals surface area contributed by atoms with Gasteiger partial charge >= 0.3 is 0 Å². The van der Waals surface area contributed by atoms with E-state index in [1.54, 1.807) is 56.2 Å². The molecule has 3 rings (SSSR count). The minimum atomic E-state index is -3.67. The summed E-state index contributed by atoms with van der Waals surface area (Å²) in [6.45, 7) is 0. The summed E-state index contributed by atoms with van der Waals surface area (Å²) in [6.07, 6.45) is 16.7. The highest BCUT2D eigenvalue weighted by Crippen LogP contribution is 1.64. The third-order valence-corrected chi connectivity index (χ3v) is 1.22. The van der Waals surface area contributed by atoms with E-state index in [0.717, 1.165) is 0 Å². The van der Waals surface area contributed by atoms with Gasteiger partial charge in [-0.05, 0) is 0 Å². The van der Waals surface area contributed by atoms with Crippen molar-refractivity contribution in [1.82, 2.24) is 29.9 Å². The quantitative estimate of drug-likeness (QED) is 0.299. The first-order chi connectivity index (χ1) is 11.5. The van der Waals surface area contributed by atoms with Gasteiger partial charge in [0, 0.05) is 37.2 Å². The Labute approximate surface area is 169 Å². The first-order valence-corrected chi connectivity index (χ1v) is 9.83. The van der Waals surface area contributed by atoms with Crippen LogP contribution in [-0.2, 0) is 20.2 Å². The molecule has 0 aliphatic heterocycles. The maximum absolute atomic E-state index is 9.19.